The molecule has 1 saturated heterocycles. The second kappa shape index (κ2) is 5.86. The minimum Gasteiger partial charge on any atom is -0.326 e. The number of likely N-dealkylation sites (tertiary alicyclic amines) is 1. The second-order valence-electron chi connectivity index (χ2n) is 5.41. The second-order valence-corrected chi connectivity index (χ2v) is 5.41. The maximum Gasteiger partial charge on any atom is 0.0206 e. The zero-order chi connectivity index (χ0) is 11.4. The van der Waals surface area contributed by atoms with E-state index in [1.807, 2.05) is 0 Å². The normalized spacial score (nSPS) is 31.8. The molecule has 4 unspecified atom stereocenters. The van der Waals surface area contributed by atoms with Crippen LogP contribution in [0.15, 0.2) is 0 Å². The zero-order valence-electron chi connectivity index (χ0n) is 10.9. The Hall–Kier alpha value is -0.0800. The highest BCUT2D eigenvalue weighted by molar-refractivity contribution is 4.87. The van der Waals surface area contributed by atoms with Crippen molar-refractivity contribution in [2.45, 2.75) is 59.0 Å². The Morgan fingerprint density at radius 2 is 1.93 bits per heavy atom. The number of hydrogen-bond acceptors (Lipinski definition) is 2. The highest BCUT2D eigenvalue weighted by Crippen LogP contribution is 2.23. The lowest BCUT2D eigenvalue weighted by Crippen LogP contribution is -2.36. The van der Waals surface area contributed by atoms with Crippen molar-refractivity contribution in [1.82, 2.24) is 4.90 Å². The van der Waals surface area contributed by atoms with E-state index in [1.165, 1.54) is 25.8 Å². The van der Waals surface area contributed by atoms with Crippen molar-refractivity contribution in [2.75, 3.05) is 13.1 Å². The molecule has 0 aromatic heterocycles. The van der Waals surface area contributed by atoms with E-state index in [1.54, 1.807) is 0 Å². The van der Waals surface area contributed by atoms with E-state index < -0.39 is 0 Å². The summed E-state index contributed by atoms with van der Waals surface area (Å²) in [5, 5.41) is 0. The van der Waals surface area contributed by atoms with Crippen LogP contribution in [-0.4, -0.2) is 30.1 Å². The van der Waals surface area contributed by atoms with Crippen LogP contribution in [0.2, 0.25) is 0 Å². The molecule has 1 fully saturated rings. The van der Waals surface area contributed by atoms with Gasteiger partial charge in [-0.15, -0.1) is 0 Å². The Kier molecular flexibility index (Phi) is 5.07. The first-order valence-electron chi connectivity index (χ1n) is 6.58. The molecule has 1 heterocycles. The van der Waals surface area contributed by atoms with Crippen LogP contribution in [0.1, 0.15) is 47.0 Å². The van der Waals surface area contributed by atoms with Gasteiger partial charge in [0.25, 0.3) is 0 Å². The van der Waals surface area contributed by atoms with Crippen LogP contribution in [0.4, 0.5) is 0 Å². The third-order valence-corrected chi connectivity index (χ3v) is 4.06. The molecule has 2 heteroatoms. The molecule has 0 saturated carbocycles. The van der Waals surface area contributed by atoms with E-state index in [2.05, 4.69) is 32.6 Å². The van der Waals surface area contributed by atoms with Crippen molar-refractivity contribution in [1.29, 1.82) is 0 Å². The monoisotopic (exact) mass is 212 g/mol. The Morgan fingerprint density at radius 3 is 2.33 bits per heavy atom. The topological polar surface area (TPSA) is 29.3 Å². The molecule has 0 spiro atoms. The van der Waals surface area contributed by atoms with Gasteiger partial charge in [0, 0.05) is 25.2 Å². The third kappa shape index (κ3) is 3.46. The van der Waals surface area contributed by atoms with Gasteiger partial charge in [0.15, 0.2) is 0 Å². The molecular weight excluding hydrogens is 184 g/mol. The molecule has 0 bridgehead atoms. The summed E-state index contributed by atoms with van der Waals surface area (Å²) in [5.41, 5.74) is 6.08. The van der Waals surface area contributed by atoms with E-state index in [-0.39, 0.29) is 0 Å². The van der Waals surface area contributed by atoms with E-state index in [9.17, 15) is 0 Å². The summed E-state index contributed by atoms with van der Waals surface area (Å²) in [6.45, 7) is 11.5. The van der Waals surface area contributed by atoms with Gasteiger partial charge in [0.1, 0.15) is 0 Å². The van der Waals surface area contributed by atoms with E-state index in [4.69, 9.17) is 5.73 Å². The average molecular weight is 212 g/mol. The van der Waals surface area contributed by atoms with Gasteiger partial charge in [-0.1, -0.05) is 34.1 Å². The van der Waals surface area contributed by atoms with Gasteiger partial charge in [-0.3, -0.25) is 4.90 Å². The minimum absolute atomic E-state index is 0.399. The first kappa shape index (κ1) is 13.0. The standard InChI is InChI=1S/C13H28N2/c1-5-10(3)7-12(6-2)15-8-11(4)13(14)9-15/h10-13H,5-9,14H2,1-4H3. The predicted molar refractivity (Wildman–Crippen MR) is 66.9 cm³/mol. The predicted octanol–water partition coefficient (Wildman–Crippen LogP) is 2.48. The molecule has 0 aliphatic carbocycles. The molecule has 0 radical (unpaired) electrons. The number of hydrogen-bond donors (Lipinski definition) is 1. The Bertz CT molecular complexity index is 171. The maximum absolute atomic E-state index is 6.08. The summed E-state index contributed by atoms with van der Waals surface area (Å²) in [6, 6.07) is 1.16. The molecule has 1 rings (SSSR count). The molecule has 1 aliphatic heterocycles. The lowest BCUT2D eigenvalue weighted by atomic mass is 9.97. The molecule has 0 amide bonds. The molecule has 0 aromatic carbocycles. The van der Waals surface area contributed by atoms with Crippen molar-refractivity contribution >= 4 is 0 Å². The average Bonchev–Trinajstić information content (AvgIpc) is 2.55. The smallest absolute Gasteiger partial charge is 0.0206 e. The Balaban J connectivity index is 2.45. The van der Waals surface area contributed by atoms with Gasteiger partial charge in [-0.25, -0.2) is 0 Å². The van der Waals surface area contributed by atoms with Gasteiger partial charge in [0.2, 0.25) is 0 Å². The van der Waals surface area contributed by atoms with Crippen LogP contribution in [0, 0.1) is 11.8 Å². The number of rotatable bonds is 5. The van der Waals surface area contributed by atoms with Gasteiger partial charge >= 0.3 is 0 Å². The lowest BCUT2D eigenvalue weighted by molar-refractivity contribution is 0.195. The Labute approximate surface area is 95.2 Å². The van der Waals surface area contributed by atoms with Crippen LogP contribution < -0.4 is 5.73 Å². The maximum atomic E-state index is 6.08. The van der Waals surface area contributed by atoms with Crippen LogP contribution in [0.3, 0.4) is 0 Å². The van der Waals surface area contributed by atoms with E-state index >= 15 is 0 Å². The van der Waals surface area contributed by atoms with Gasteiger partial charge in [-0.2, -0.15) is 0 Å². The molecule has 4 atom stereocenters. The molecule has 2 nitrogen and oxygen atoms in total. The largest absolute Gasteiger partial charge is 0.326 e. The molecule has 0 aromatic rings. The fraction of sp³-hybridized carbons (Fsp3) is 1.00. The zero-order valence-corrected chi connectivity index (χ0v) is 10.9. The summed E-state index contributed by atoms with van der Waals surface area (Å²) in [6.07, 6.45) is 3.90. The van der Waals surface area contributed by atoms with Crippen LogP contribution in [0.5, 0.6) is 0 Å². The van der Waals surface area contributed by atoms with Crippen molar-refractivity contribution in [3.8, 4) is 0 Å². The molecule has 90 valence electrons. The van der Waals surface area contributed by atoms with Crippen molar-refractivity contribution in [2.24, 2.45) is 17.6 Å². The van der Waals surface area contributed by atoms with Gasteiger partial charge in [0.05, 0.1) is 0 Å². The van der Waals surface area contributed by atoms with Gasteiger partial charge < -0.3 is 5.73 Å². The first-order valence-corrected chi connectivity index (χ1v) is 6.58. The van der Waals surface area contributed by atoms with Crippen LogP contribution >= 0.6 is 0 Å². The van der Waals surface area contributed by atoms with Crippen molar-refractivity contribution < 1.29 is 0 Å². The third-order valence-electron chi connectivity index (χ3n) is 4.06. The summed E-state index contributed by atoms with van der Waals surface area (Å²) >= 11 is 0. The number of nitrogens with zero attached hydrogens (tertiary/aromatic N) is 1. The van der Waals surface area contributed by atoms with Crippen LogP contribution in [0.25, 0.3) is 0 Å². The summed E-state index contributed by atoms with van der Waals surface area (Å²) in [4.78, 5) is 2.61. The van der Waals surface area contributed by atoms with Gasteiger partial charge in [-0.05, 0) is 24.7 Å². The summed E-state index contributed by atoms with van der Waals surface area (Å²) in [7, 11) is 0. The quantitative estimate of drug-likeness (QED) is 0.758. The van der Waals surface area contributed by atoms with Crippen molar-refractivity contribution in [3.63, 3.8) is 0 Å². The SMILES string of the molecule is CCC(C)CC(CC)N1CC(C)C(N)C1. The molecular formula is C13H28N2. The molecule has 1 aliphatic rings. The Morgan fingerprint density at radius 1 is 1.27 bits per heavy atom. The molecule has 15 heavy (non-hydrogen) atoms. The van der Waals surface area contributed by atoms with E-state index in [0.29, 0.717) is 12.0 Å². The summed E-state index contributed by atoms with van der Waals surface area (Å²) in [5.74, 6) is 1.53. The molecule has 2 N–H and O–H groups in total. The van der Waals surface area contributed by atoms with E-state index in [0.717, 1.165) is 18.5 Å². The van der Waals surface area contributed by atoms with Crippen molar-refractivity contribution in [3.05, 3.63) is 0 Å². The fourth-order valence-corrected chi connectivity index (χ4v) is 2.53. The summed E-state index contributed by atoms with van der Waals surface area (Å²) < 4.78 is 0. The van der Waals surface area contributed by atoms with Crippen LogP contribution in [-0.2, 0) is 0 Å². The minimum atomic E-state index is 0.399. The lowest BCUT2D eigenvalue weighted by Gasteiger charge is -2.29. The first-order chi connectivity index (χ1) is 7.08. The highest BCUT2D eigenvalue weighted by Gasteiger charge is 2.30. The fourth-order valence-electron chi connectivity index (χ4n) is 2.53. The number of nitrogens with two attached hydrogens (primary N) is 1. The highest BCUT2D eigenvalue weighted by atomic mass is 15.2.